The molecule has 0 aliphatic heterocycles. The van der Waals surface area contributed by atoms with Crippen LogP contribution in [0.4, 0.5) is 11.6 Å². The first kappa shape index (κ1) is 12.6. The van der Waals surface area contributed by atoms with Gasteiger partial charge in [0.25, 0.3) is 0 Å². The Morgan fingerprint density at radius 3 is 3.10 bits per heavy atom. The minimum absolute atomic E-state index is 0.655. The number of rotatable bonds is 5. The summed E-state index contributed by atoms with van der Waals surface area (Å²) in [6.07, 6.45) is 7.37. The van der Waals surface area contributed by atoms with Crippen molar-refractivity contribution in [2.24, 2.45) is 0 Å². The fourth-order valence-electron chi connectivity index (χ4n) is 2.15. The lowest BCUT2D eigenvalue weighted by atomic mass is 10.1. The van der Waals surface area contributed by atoms with Crippen LogP contribution in [-0.4, -0.2) is 28.3 Å². The molecule has 0 amide bonds. The Bertz CT molecular complexity index is 702. The summed E-state index contributed by atoms with van der Waals surface area (Å²) in [6, 6.07) is 8.12. The number of ether oxygens (including phenoxy) is 1. The summed E-state index contributed by atoms with van der Waals surface area (Å²) in [5, 5.41) is 5.59. The summed E-state index contributed by atoms with van der Waals surface area (Å²) >= 11 is 0. The number of imidazole rings is 1. The van der Waals surface area contributed by atoms with Crippen LogP contribution in [0.3, 0.4) is 0 Å². The van der Waals surface area contributed by atoms with Gasteiger partial charge in [-0.05, 0) is 17.5 Å². The highest BCUT2D eigenvalue weighted by Gasteiger charge is 2.05. The van der Waals surface area contributed by atoms with Crippen molar-refractivity contribution in [2.45, 2.75) is 6.54 Å². The van der Waals surface area contributed by atoms with E-state index in [0.717, 1.165) is 29.0 Å². The van der Waals surface area contributed by atoms with E-state index in [1.807, 2.05) is 35.2 Å². The van der Waals surface area contributed by atoms with Crippen molar-refractivity contribution in [3.05, 3.63) is 49.1 Å². The molecule has 5 nitrogen and oxygen atoms in total. The highest BCUT2D eigenvalue weighted by Crippen LogP contribution is 2.24. The fourth-order valence-corrected chi connectivity index (χ4v) is 2.15. The molecular formula is C15H16N4O. The van der Waals surface area contributed by atoms with Gasteiger partial charge in [0.05, 0.1) is 12.3 Å². The molecular weight excluding hydrogens is 252 g/mol. The number of hydrogen-bond donors (Lipinski definition) is 1. The lowest BCUT2D eigenvalue weighted by Crippen LogP contribution is -2.07. The van der Waals surface area contributed by atoms with Gasteiger partial charge in [-0.25, -0.2) is 4.98 Å². The number of fused-ring (bicyclic) bond motifs is 1. The summed E-state index contributed by atoms with van der Waals surface area (Å²) < 4.78 is 7.13. The van der Waals surface area contributed by atoms with E-state index in [-0.39, 0.29) is 0 Å². The van der Waals surface area contributed by atoms with E-state index in [0.29, 0.717) is 6.61 Å². The SMILES string of the molecule is COCCn1ccnc1Nc1cccc2ccncc12. The molecule has 1 N–H and O–H groups in total. The molecule has 5 heteroatoms. The van der Waals surface area contributed by atoms with Crippen LogP contribution in [0, 0.1) is 0 Å². The highest BCUT2D eigenvalue weighted by molar-refractivity contribution is 5.94. The third-order valence-corrected chi connectivity index (χ3v) is 3.18. The molecule has 0 bridgehead atoms. The molecule has 3 aromatic rings. The molecule has 0 radical (unpaired) electrons. The second-order valence-corrected chi connectivity index (χ2v) is 4.46. The second-order valence-electron chi connectivity index (χ2n) is 4.46. The van der Waals surface area contributed by atoms with Crippen molar-refractivity contribution in [2.75, 3.05) is 19.0 Å². The predicted octanol–water partition coefficient (Wildman–Crippen LogP) is 2.82. The van der Waals surface area contributed by atoms with E-state index in [2.05, 4.69) is 21.4 Å². The number of pyridine rings is 1. The van der Waals surface area contributed by atoms with Crippen molar-refractivity contribution in [3.63, 3.8) is 0 Å². The van der Waals surface area contributed by atoms with Gasteiger partial charge in [0.1, 0.15) is 0 Å². The second kappa shape index (κ2) is 5.71. The van der Waals surface area contributed by atoms with Gasteiger partial charge in [0, 0.05) is 43.8 Å². The number of aromatic nitrogens is 3. The number of nitrogens with zero attached hydrogens (tertiary/aromatic N) is 3. The molecule has 1 aromatic carbocycles. The van der Waals surface area contributed by atoms with Crippen LogP contribution >= 0.6 is 0 Å². The smallest absolute Gasteiger partial charge is 0.207 e. The van der Waals surface area contributed by atoms with Gasteiger partial charge >= 0.3 is 0 Å². The largest absolute Gasteiger partial charge is 0.383 e. The number of anilines is 2. The summed E-state index contributed by atoms with van der Waals surface area (Å²) in [5.74, 6) is 0.804. The molecule has 20 heavy (non-hydrogen) atoms. The lowest BCUT2D eigenvalue weighted by molar-refractivity contribution is 0.188. The maximum absolute atomic E-state index is 5.10. The Labute approximate surface area is 117 Å². The normalized spacial score (nSPS) is 10.8. The van der Waals surface area contributed by atoms with Crippen LogP contribution in [-0.2, 0) is 11.3 Å². The molecule has 0 saturated carbocycles. The summed E-state index contributed by atoms with van der Waals surface area (Å²) in [4.78, 5) is 8.53. The van der Waals surface area contributed by atoms with Crippen molar-refractivity contribution < 1.29 is 4.74 Å². The van der Waals surface area contributed by atoms with Crippen molar-refractivity contribution in [3.8, 4) is 0 Å². The van der Waals surface area contributed by atoms with Gasteiger partial charge in [-0.1, -0.05) is 12.1 Å². The monoisotopic (exact) mass is 268 g/mol. The van der Waals surface area contributed by atoms with Crippen molar-refractivity contribution in [1.82, 2.24) is 14.5 Å². The van der Waals surface area contributed by atoms with E-state index in [9.17, 15) is 0 Å². The van der Waals surface area contributed by atoms with Crippen LogP contribution in [0.25, 0.3) is 10.8 Å². The fraction of sp³-hybridized carbons (Fsp3) is 0.200. The number of benzene rings is 1. The average Bonchev–Trinajstić information content (AvgIpc) is 2.93. The first-order chi connectivity index (χ1) is 9.88. The third-order valence-electron chi connectivity index (χ3n) is 3.18. The van der Waals surface area contributed by atoms with Crippen molar-refractivity contribution in [1.29, 1.82) is 0 Å². The molecule has 0 spiro atoms. The quantitative estimate of drug-likeness (QED) is 0.773. The van der Waals surface area contributed by atoms with Crippen LogP contribution in [0.1, 0.15) is 0 Å². The minimum Gasteiger partial charge on any atom is -0.383 e. The zero-order valence-corrected chi connectivity index (χ0v) is 11.3. The molecule has 3 rings (SSSR count). The first-order valence-corrected chi connectivity index (χ1v) is 6.48. The van der Waals surface area contributed by atoms with Crippen LogP contribution in [0.15, 0.2) is 49.1 Å². The molecule has 0 fully saturated rings. The Morgan fingerprint density at radius 2 is 2.20 bits per heavy atom. The van der Waals surface area contributed by atoms with Crippen molar-refractivity contribution >= 4 is 22.4 Å². The number of hydrogen-bond acceptors (Lipinski definition) is 4. The van der Waals surface area contributed by atoms with Crippen LogP contribution in [0.2, 0.25) is 0 Å². The van der Waals surface area contributed by atoms with E-state index in [1.54, 1.807) is 19.5 Å². The summed E-state index contributed by atoms with van der Waals surface area (Å²) in [6.45, 7) is 1.42. The zero-order chi connectivity index (χ0) is 13.8. The Balaban J connectivity index is 1.92. The lowest BCUT2D eigenvalue weighted by Gasteiger charge is -2.11. The van der Waals surface area contributed by atoms with Gasteiger partial charge in [-0.15, -0.1) is 0 Å². The molecule has 0 unspecified atom stereocenters. The van der Waals surface area contributed by atoms with Gasteiger partial charge in [-0.2, -0.15) is 0 Å². The highest BCUT2D eigenvalue weighted by atomic mass is 16.5. The topological polar surface area (TPSA) is 52.0 Å². The molecule has 102 valence electrons. The maximum Gasteiger partial charge on any atom is 0.207 e. The molecule has 0 aliphatic rings. The minimum atomic E-state index is 0.655. The first-order valence-electron chi connectivity index (χ1n) is 6.48. The van der Waals surface area contributed by atoms with Gasteiger partial charge in [0.2, 0.25) is 5.95 Å². The van der Waals surface area contributed by atoms with Crippen LogP contribution in [0.5, 0.6) is 0 Å². The maximum atomic E-state index is 5.10. The average molecular weight is 268 g/mol. The van der Waals surface area contributed by atoms with Gasteiger partial charge in [0.15, 0.2) is 0 Å². The third kappa shape index (κ3) is 2.48. The molecule has 0 aliphatic carbocycles. The molecule has 2 heterocycles. The Kier molecular flexibility index (Phi) is 3.60. The van der Waals surface area contributed by atoms with Gasteiger partial charge in [-0.3, -0.25) is 4.98 Å². The van der Waals surface area contributed by atoms with Gasteiger partial charge < -0.3 is 14.6 Å². The summed E-state index contributed by atoms with van der Waals surface area (Å²) in [7, 11) is 1.69. The van der Waals surface area contributed by atoms with E-state index in [1.165, 1.54) is 0 Å². The summed E-state index contributed by atoms with van der Waals surface area (Å²) in [5.41, 5.74) is 1.00. The standard InChI is InChI=1S/C15H16N4O/c1-20-10-9-19-8-7-17-15(19)18-14-4-2-3-12-5-6-16-11-13(12)14/h2-8,11H,9-10H2,1H3,(H,17,18). The predicted molar refractivity (Wildman–Crippen MR) is 79.1 cm³/mol. The number of methoxy groups -OCH3 is 1. The molecule has 2 aromatic heterocycles. The molecule has 0 saturated heterocycles. The van der Waals surface area contributed by atoms with Crippen LogP contribution < -0.4 is 5.32 Å². The zero-order valence-electron chi connectivity index (χ0n) is 11.3. The van der Waals surface area contributed by atoms with E-state index >= 15 is 0 Å². The molecule has 0 atom stereocenters. The van der Waals surface area contributed by atoms with E-state index in [4.69, 9.17) is 4.74 Å². The van der Waals surface area contributed by atoms with E-state index < -0.39 is 0 Å². The Hall–Kier alpha value is -2.40. The number of nitrogens with one attached hydrogen (secondary N) is 1. The Morgan fingerprint density at radius 1 is 1.25 bits per heavy atom.